The highest BCUT2D eigenvalue weighted by atomic mass is 79.9. The van der Waals surface area contributed by atoms with Crippen LogP contribution in [0.5, 0.6) is 11.5 Å². The van der Waals surface area contributed by atoms with Gasteiger partial charge in [0.05, 0.1) is 9.40 Å². The van der Waals surface area contributed by atoms with E-state index in [0.717, 1.165) is 12.1 Å². The summed E-state index contributed by atoms with van der Waals surface area (Å²) in [6, 6.07) is 7.67. The molecule has 0 spiro atoms. The van der Waals surface area contributed by atoms with Gasteiger partial charge in [0.15, 0.2) is 0 Å². The summed E-state index contributed by atoms with van der Waals surface area (Å²) in [6.45, 7) is 0. The van der Waals surface area contributed by atoms with Gasteiger partial charge in [-0.2, -0.15) is 0 Å². The fraction of sp³-hybridized carbons (Fsp3) is 0. The molecule has 7 heteroatoms. The second kappa shape index (κ2) is 5.79. The lowest BCUT2D eigenvalue weighted by Gasteiger charge is -2.08. The topological polar surface area (TPSA) is 69.4 Å². The van der Waals surface area contributed by atoms with Gasteiger partial charge in [0.2, 0.25) is 5.75 Å². The van der Waals surface area contributed by atoms with Crippen LogP contribution in [-0.4, -0.2) is 11.2 Å². The summed E-state index contributed by atoms with van der Waals surface area (Å²) < 4.78 is 19.0. The molecule has 2 rings (SSSR count). The molecule has 0 atom stereocenters. The van der Waals surface area contributed by atoms with Crippen LogP contribution in [0.25, 0.3) is 0 Å². The van der Waals surface area contributed by atoms with Crippen LogP contribution in [0.4, 0.5) is 10.1 Å². The number of hydrogen-bond acceptors (Lipinski definition) is 4. The van der Waals surface area contributed by atoms with Crippen LogP contribution in [-0.2, 0) is 0 Å². The number of carbonyl (C=O) groups is 1. The Labute approximate surface area is 121 Å². The molecule has 0 bridgehead atoms. The van der Waals surface area contributed by atoms with Crippen LogP contribution in [0.1, 0.15) is 10.4 Å². The summed E-state index contributed by atoms with van der Waals surface area (Å²) >= 11 is 3.13. The smallest absolute Gasteiger partial charge is 0.312 e. The van der Waals surface area contributed by atoms with Gasteiger partial charge in [0.25, 0.3) is 0 Å². The van der Waals surface area contributed by atoms with Crippen molar-refractivity contribution in [3.63, 3.8) is 0 Å². The van der Waals surface area contributed by atoms with E-state index in [4.69, 9.17) is 4.74 Å². The molecule has 0 radical (unpaired) electrons. The van der Waals surface area contributed by atoms with Gasteiger partial charge in [0.1, 0.15) is 17.9 Å². The molecule has 2 aromatic carbocycles. The van der Waals surface area contributed by atoms with E-state index in [1.54, 1.807) is 6.07 Å². The maximum Gasteiger partial charge on any atom is 0.312 e. The number of nitro benzene ring substituents is 1. The van der Waals surface area contributed by atoms with Crippen LogP contribution in [0.2, 0.25) is 0 Å². The Bertz CT molecular complexity index is 690. The van der Waals surface area contributed by atoms with Crippen molar-refractivity contribution in [1.29, 1.82) is 0 Å². The molecule has 0 aliphatic rings. The van der Waals surface area contributed by atoms with Crippen molar-refractivity contribution >= 4 is 27.9 Å². The summed E-state index contributed by atoms with van der Waals surface area (Å²) in [5.41, 5.74) is -0.189. The largest absolute Gasteiger partial charge is 0.449 e. The van der Waals surface area contributed by atoms with E-state index in [0.29, 0.717) is 10.8 Å². The number of benzene rings is 2. The fourth-order valence-electron chi connectivity index (χ4n) is 1.57. The van der Waals surface area contributed by atoms with Crippen LogP contribution in [0.3, 0.4) is 0 Å². The highest BCUT2D eigenvalue weighted by Gasteiger charge is 2.19. The minimum atomic E-state index is -0.667. The van der Waals surface area contributed by atoms with Crippen molar-refractivity contribution in [2.45, 2.75) is 0 Å². The molecule has 0 aromatic heterocycles. The molecule has 0 N–H and O–H groups in total. The van der Waals surface area contributed by atoms with Crippen LogP contribution >= 0.6 is 15.9 Å². The van der Waals surface area contributed by atoms with Crippen molar-refractivity contribution < 1.29 is 18.8 Å². The van der Waals surface area contributed by atoms with Crippen molar-refractivity contribution in [1.82, 2.24) is 0 Å². The highest BCUT2D eigenvalue weighted by Crippen LogP contribution is 2.38. The summed E-state index contributed by atoms with van der Waals surface area (Å²) in [7, 11) is 0. The van der Waals surface area contributed by atoms with Crippen molar-refractivity contribution in [2.24, 2.45) is 0 Å². The number of para-hydroxylation sites is 1. The van der Waals surface area contributed by atoms with Crippen molar-refractivity contribution in [2.75, 3.05) is 0 Å². The summed E-state index contributed by atoms with van der Waals surface area (Å²) in [6.07, 6.45) is 0.463. The second-order valence-electron chi connectivity index (χ2n) is 3.79. The van der Waals surface area contributed by atoms with Gasteiger partial charge < -0.3 is 4.74 Å². The van der Waals surface area contributed by atoms with Gasteiger partial charge in [-0.15, -0.1) is 0 Å². The second-order valence-corrected chi connectivity index (χ2v) is 4.64. The van der Waals surface area contributed by atoms with E-state index < -0.39 is 10.7 Å². The first-order valence-electron chi connectivity index (χ1n) is 5.38. The number of rotatable bonds is 4. The third-order valence-electron chi connectivity index (χ3n) is 2.39. The quantitative estimate of drug-likeness (QED) is 0.477. The lowest BCUT2D eigenvalue weighted by molar-refractivity contribution is -0.385. The van der Waals surface area contributed by atoms with Gasteiger partial charge >= 0.3 is 5.69 Å². The zero-order valence-corrected chi connectivity index (χ0v) is 11.5. The third-order valence-corrected chi connectivity index (χ3v) is 3.02. The average Bonchev–Trinajstić information content (AvgIpc) is 2.40. The first kappa shape index (κ1) is 14.1. The molecule has 0 saturated carbocycles. The number of halogens is 2. The first-order valence-corrected chi connectivity index (χ1v) is 6.17. The van der Waals surface area contributed by atoms with E-state index in [-0.39, 0.29) is 22.7 Å². The van der Waals surface area contributed by atoms with E-state index in [1.807, 2.05) is 0 Å². The lowest BCUT2D eigenvalue weighted by Crippen LogP contribution is -1.95. The van der Waals surface area contributed by atoms with Gasteiger partial charge in [-0.3, -0.25) is 14.9 Å². The van der Waals surface area contributed by atoms with E-state index >= 15 is 0 Å². The Hall–Kier alpha value is -2.28. The number of aldehydes is 1. The predicted molar refractivity (Wildman–Crippen MR) is 72.7 cm³/mol. The lowest BCUT2D eigenvalue weighted by atomic mass is 10.2. The molecule has 0 heterocycles. The Morgan fingerprint density at radius 3 is 2.70 bits per heavy atom. The Morgan fingerprint density at radius 2 is 2.05 bits per heavy atom. The molecule has 20 heavy (non-hydrogen) atoms. The normalized spacial score (nSPS) is 10.1. The van der Waals surface area contributed by atoms with Crippen LogP contribution in [0, 0.1) is 15.9 Å². The Balaban J connectivity index is 2.47. The molecular weight excluding hydrogens is 333 g/mol. The molecule has 0 saturated heterocycles. The van der Waals surface area contributed by atoms with Crippen LogP contribution < -0.4 is 4.74 Å². The minimum absolute atomic E-state index is 0.00194. The molecule has 0 aliphatic carbocycles. The maximum absolute atomic E-state index is 13.3. The van der Waals surface area contributed by atoms with Crippen LogP contribution in [0.15, 0.2) is 40.9 Å². The number of carbonyl (C=O) groups excluding carboxylic acids is 1. The van der Waals surface area contributed by atoms with E-state index in [2.05, 4.69) is 15.9 Å². The number of ether oxygens (including phenoxy) is 1. The molecular formula is C13H7BrFNO4. The highest BCUT2D eigenvalue weighted by molar-refractivity contribution is 9.10. The van der Waals surface area contributed by atoms with Crippen molar-refractivity contribution in [3.8, 4) is 11.5 Å². The Morgan fingerprint density at radius 1 is 1.30 bits per heavy atom. The molecule has 0 fully saturated rings. The standard InChI is InChI=1S/C13H7BrFNO4/c14-11-2-1-3-12(16(18)19)13(11)20-10-5-8(7-17)4-9(15)6-10/h1-7H. The first-order chi connectivity index (χ1) is 9.51. The Kier molecular flexibility index (Phi) is 4.09. The molecule has 5 nitrogen and oxygen atoms in total. The summed E-state index contributed by atoms with van der Waals surface area (Å²) in [5.74, 6) is -0.721. The van der Waals surface area contributed by atoms with Gasteiger partial charge in [0, 0.05) is 17.7 Å². The van der Waals surface area contributed by atoms with E-state index in [1.165, 1.54) is 18.2 Å². The number of nitro groups is 1. The van der Waals surface area contributed by atoms with Gasteiger partial charge in [-0.1, -0.05) is 6.07 Å². The summed E-state index contributed by atoms with van der Waals surface area (Å²) in [4.78, 5) is 21.0. The fourth-order valence-corrected chi connectivity index (χ4v) is 2.01. The van der Waals surface area contributed by atoms with Gasteiger partial charge in [-0.25, -0.2) is 4.39 Å². The van der Waals surface area contributed by atoms with E-state index in [9.17, 15) is 19.3 Å². The zero-order valence-electron chi connectivity index (χ0n) is 9.88. The third kappa shape index (κ3) is 3.00. The predicted octanol–water partition coefficient (Wildman–Crippen LogP) is 4.10. The summed E-state index contributed by atoms with van der Waals surface area (Å²) in [5, 5.41) is 10.9. The van der Waals surface area contributed by atoms with Crippen molar-refractivity contribution in [3.05, 3.63) is 62.4 Å². The zero-order chi connectivity index (χ0) is 14.7. The molecule has 0 aliphatic heterocycles. The minimum Gasteiger partial charge on any atom is -0.449 e. The molecule has 102 valence electrons. The average molecular weight is 340 g/mol. The number of nitrogens with zero attached hydrogens (tertiary/aromatic N) is 1. The number of hydrogen-bond donors (Lipinski definition) is 0. The maximum atomic E-state index is 13.3. The molecule has 0 unspecified atom stereocenters. The molecule has 0 amide bonds. The van der Waals surface area contributed by atoms with Gasteiger partial charge in [-0.05, 0) is 34.1 Å². The SMILES string of the molecule is O=Cc1cc(F)cc(Oc2c(Br)cccc2[N+](=O)[O-])c1. The molecule has 2 aromatic rings. The monoisotopic (exact) mass is 339 g/mol.